The Hall–Kier alpha value is -2.10. The van der Waals surface area contributed by atoms with E-state index in [1.165, 1.54) is 18.4 Å². The summed E-state index contributed by atoms with van der Waals surface area (Å²) in [6.45, 7) is 1.67. The van der Waals surface area contributed by atoms with Crippen LogP contribution in [-0.2, 0) is 6.61 Å². The molecule has 0 unspecified atom stereocenters. The number of halogens is 1. The maximum absolute atomic E-state index is 13.3. The van der Waals surface area contributed by atoms with Crippen molar-refractivity contribution in [3.8, 4) is 5.75 Å². The first-order valence-electron chi connectivity index (χ1n) is 5.12. The lowest BCUT2D eigenvalue weighted by atomic mass is 10.2. The van der Waals surface area contributed by atoms with Crippen LogP contribution in [0, 0.1) is 12.7 Å². The lowest BCUT2D eigenvalue weighted by molar-refractivity contribution is 0.285. The molecule has 0 aliphatic heterocycles. The van der Waals surface area contributed by atoms with Crippen LogP contribution in [-0.4, -0.2) is 0 Å². The zero-order chi connectivity index (χ0) is 12.3. The Balaban J connectivity index is 2.13. The lowest BCUT2D eigenvalue weighted by Crippen LogP contribution is -2.07. The molecule has 0 aliphatic rings. The van der Waals surface area contributed by atoms with E-state index in [2.05, 4.69) is 0 Å². The van der Waals surface area contributed by atoms with E-state index in [-0.39, 0.29) is 23.6 Å². The summed E-state index contributed by atoms with van der Waals surface area (Å²) in [7, 11) is 0. The molecular weight excluding hydrogens is 223 g/mol. The molecule has 0 radical (unpaired) electrons. The summed E-state index contributed by atoms with van der Waals surface area (Å²) in [5.74, 6) is 0.232. The van der Waals surface area contributed by atoms with Crippen molar-refractivity contribution in [2.75, 3.05) is 0 Å². The summed E-state index contributed by atoms with van der Waals surface area (Å²) in [5.41, 5.74) is 0.123. The van der Waals surface area contributed by atoms with E-state index >= 15 is 0 Å². The van der Waals surface area contributed by atoms with E-state index in [9.17, 15) is 9.18 Å². The third-order valence-corrected chi connectivity index (χ3v) is 2.27. The number of hydrogen-bond donors (Lipinski definition) is 0. The van der Waals surface area contributed by atoms with Gasteiger partial charge in [0.1, 0.15) is 24.4 Å². The highest BCUT2D eigenvalue weighted by atomic mass is 19.1. The van der Waals surface area contributed by atoms with Crippen LogP contribution in [0.4, 0.5) is 4.39 Å². The fourth-order valence-electron chi connectivity index (χ4n) is 1.37. The van der Waals surface area contributed by atoms with E-state index < -0.39 is 0 Å². The minimum atomic E-state index is -0.357. The third-order valence-electron chi connectivity index (χ3n) is 2.27. The van der Waals surface area contributed by atoms with Crippen molar-refractivity contribution in [1.29, 1.82) is 0 Å². The second-order valence-electron chi connectivity index (χ2n) is 3.60. The molecule has 1 aromatic carbocycles. The van der Waals surface area contributed by atoms with Gasteiger partial charge in [0.15, 0.2) is 0 Å². The van der Waals surface area contributed by atoms with Crippen molar-refractivity contribution in [2.45, 2.75) is 13.5 Å². The Morgan fingerprint density at radius 2 is 2.12 bits per heavy atom. The Morgan fingerprint density at radius 1 is 1.35 bits per heavy atom. The van der Waals surface area contributed by atoms with Gasteiger partial charge in [0.25, 0.3) is 0 Å². The van der Waals surface area contributed by atoms with Crippen molar-refractivity contribution in [2.24, 2.45) is 0 Å². The number of ether oxygens (including phenoxy) is 1. The number of aryl methyl sites for hydroxylation is 1. The standard InChI is InChI=1S/C13H11FO3/c1-9-6-12(15)13(8-16-9)17-7-10-4-2-3-5-11(10)14/h2-6,8H,7H2,1H3. The predicted molar refractivity (Wildman–Crippen MR) is 60.4 cm³/mol. The van der Waals surface area contributed by atoms with E-state index in [4.69, 9.17) is 9.15 Å². The SMILES string of the molecule is Cc1cc(=O)c(OCc2ccccc2F)co1. The van der Waals surface area contributed by atoms with Crippen LogP contribution in [0.1, 0.15) is 11.3 Å². The minimum absolute atomic E-state index is 0.000490. The summed E-state index contributed by atoms with van der Waals surface area (Å²) in [6.07, 6.45) is 1.23. The predicted octanol–water partition coefficient (Wildman–Crippen LogP) is 2.67. The molecule has 0 fully saturated rings. The zero-order valence-electron chi connectivity index (χ0n) is 9.27. The topological polar surface area (TPSA) is 39.4 Å². The Morgan fingerprint density at radius 3 is 2.82 bits per heavy atom. The van der Waals surface area contributed by atoms with Crippen LogP contribution in [0.25, 0.3) is 0 Å². The third kappa shape index (κ3) is 2.72. The van der Waals surface area contributed by atoms with Crippen molar-refractivity contribution < 1.29 is 13.5 Å². The average molecular weight is 234 g/mol. The molecule has 0 saturated heterocycles. The van der Waals surface area contributed by atoms with Crippen molar-refractivity contribution in [3.05, 3.63) is 64.0 Å². The summed E-state index contributed by atoms with van der Waals surface area (Å²) >= 11 is 0. The first-order chi connectivity index (χ1) is 8.16. The molecule has 0 amide bonds. The quantitative estimate of drug-likeness (QED) is 0.819. The Bertz CT molecular complexity index is 575. The van der Waals surface area contributed by atoms with Gasteiger partial charge in [-0.15, -0.1) is 0 Å². The highest BCUT2D eigenvalue weighted by molar-refractivity contribution is 5.20. The lowest BCUT2D eigenvalue weighted by Gasteiger charge is -2.05. The molecule has 0 atom stereocenters. The van der Waals surface area contributed by atoms with Gasteiger partial charge in [0.05, 0.1) is 0 Å². The molecule has 4 heteroatoms. The fraction of sp³-hybridized carbons (Fsp3) is 0.154. The summed E-state index contributed by atoms with van der Waals surface area (Å²) in [5, 5.41) is 0. The van der Waals surface area contributed by atoms with Gasteiger partial charge in [-0.3, -0.25) is 4.79 Å². The highest BCUT2D eigenvalue weighted by Crippen LogP contribution is 2.11. The van der Waals surface area contributed by atoms with Gasteiger partial charge < -0.3 is 9.15 Å². The first-order valence-corrected chi connectivity index (χ1v) is 5.12. The molecule has 17 heavy (non-hydrogen) atoms. The van der Waals surface area contributed by atoms with E-state index in [1.807, 2.05) is 0 Å². The molecule has 88 valence electrons. The molecule has 3 nitrogen and oxygen atoms in total. The smallest absolute Gasteiger partial charge is 0.226 e. The second kappa shape index (κ2) is 4.82. The van der Waals surface area contributed by atoms with E-state index in [0.29, 0.717) is 11.3 Å². The molecule has 0 saturated carbocycles. The van der Waals surface area contributed by atoms with Crippen LogP contribution < -0.4 is 10.2 Å². The molecule has 2 aromatic rings. The normalized spacial score (nSPS) is 10.2. The molecule has 1 heterocycles. The fourth-order valence-corrected chi connectivity index (χ4v) is 1.37. The number of hydrogen-bond acceptors (Lipinski definition) is 3. The minimum Gasteiger partial charge on any atom is -0.482 e. The molecular formula is C13H11FO3. The molecule has 2 rings (SSSR count). The van der Waals surface area contributed by atoms with Crippen molar-refractivity contribution in [1.82, 2.24) is 0 Å². The van der Waals surface area contributed by atoms with Gasteiger partial charge in [0, 0.05) is 11.6 Å². The van der Waals surface area contributed by atoms with Crippen LogP contribution in [0.3, 0.4) is 0 Å². The maximum atomic E-state index is 13.3. The van der Waals surface area contributed by atoms with Crippen LogP contribution in [0.15, 0.2) is 45.8 Å². The van der Waals surface area contributed by atoms with Crippen LogP contribution in [0.5, 0.6) is 5.75 Å². The van der Waals surface area contributed by atoms with Gasteiger partial charge in [-0.25, -0.2) is 4.39 Å². The monoisotopic (exact) mass is 234 g/mol. The summed E-state index contributed by atoms with van der Waals surface area (Å²) in [4.78, 5) is 11.5. The Kier molecular flexibility index (Phi) is 3.23. The second-order valence-corrected chi connectivity index (χ2v) is 3.60. The van der Waals surface area contributed by atoms with E-state index in [1.54, 1.807) is 25.1 Å². The van der Waals surface area contributed by atoms with Gasteiger partial charge in [-0.2, -0.15) is 0 Å². The van der Waals surface area contributed by atoms with Gasteiger partial charge >= 0.3 is 0 Å². The zero-order valence-corrected chi connectivity index (χ0v) is 9.27. The molecule has 1 aromatic heterocycles. The molecule has 0 aliphatic carbocycles. The van der Waals surface area contributed by atoms with Crippen molar-refractivity contribution >= 4 is 0 Å². The molecule has 0 N–H and O–H groups in total. The molecule has 0 bridgehead atoms. The number of rotatable bonds is 3. The largest absolute Gasteiger partial charge is 0.482 e. The first kappa shape index (κ1) is 11.4. The average Bonchev–Trinajstić information content (AvgIpc) is 2.30. The van der Waals surface area contributed by atoms with Crippen LogP contribution >= 0.6 is 0 Å². The van der Waals surface area contributed by atoms with Crippen molar-refractivity contribution in [3.63, 3.8) is 0 Å². The van der Waals surface area contributed by atoms with Gasteiger partial charge in [-0.1, -0.05) is 18.2 Å². The van der Waals surface area contributed by atoms with E-state index in [0.717, 1.165) is 0 Å². The highest BCUT2D eigenvalue weighted by Gasteiger charge is 2.05. The Labute approximate surface area is 97.5 Å². The summed E-state index contributed by atoms with van der Waals surface area (Å²) in [6, 6.07) is 7.58. The van der Waals surface area contributed by atoms with Gasteiger partial charge in [-0.05, 0) is 13.0 Å². The van der Waals surface area contributed by atoms with Gasteiger partial charge in [0.2, 0.25) is 11.2 Å². The number of benzene rings is 1. The summed E-state index contributed by atoms with van der Waals surface area (Å²) < 4.78 is 23.5. The van der Waals surface area contributed by atoms with Crippen LogP contribution in [0.2, 0.25) is 0 Å². The maximum Gasteiger partial charge on any atom is 0.226 e. The molecule has 0 spiro atoms.